The Morgan fingerprint density at radius 1 is 1.30 bits per heavy atom. The SMILES string of the molecule is CC1(F)CN(C(=O)Cn2ccn3ccc(-c4cnc(Cl)c(Cl)c4)c3c2=O)C1. The Labute approximate surface area is 163 Å². The Bertz CT molecular complexity index is 1110. The summed E-state index contributed by atoms with van der Waals surface area (Å²) in [5.41, 5.74) is -0.0119. The minimum absolute atomic E-state index is 0.0498. The quantitative estimate of drug-likeness (QED) is 0.625. The molecule has 1 aliphatic heterocycles. The molecule has 6 nitrogen and oxygen atoms in total. The van der Waals surface area contributed by atoms with Crippen molar-refractivity contribution in [3.05, 3.63) is 57.4 Å². The van der Waals surface area contributed by atoms with Crippen LogP contribution < -0.4 is 5.56 Å². The molecule has 0 unspecified atom stereocenters. The van der Waals surface area contributed by atoms with Crippen molar-refractivity contribution in [3.63, 3.8) is 0 Å². The lowest BCUT2D eigenvalue weighted by molar-refractivity contribution is -0.144. The van der Waals surface area contributed by atoms with Gasteiger partial charge < -0.3 is 13.9 Å². The van der Waals surface area contributed by atoms with Crippen LogP contribution in [-0.2, 0) is 11.3 Å². The summed E-state index contributed by atoms with van der Waals surface area (Å²) in [5, 5.41) is 0.466. The Kier molecular flexibility index (Phi) is 4.24. The van der Waals surface area contributed by atoms with E-state index in [1.165, 1.54) is 22.6 Å². The summed E-state index contributed by atoms with van der Waals surface area (Å²) in [5.74, 6) is -0.291. The van der Waals surface area contributed by atoms with E-state index in [1.54, 1.807) is 35.1 Å². The molecule has 0 saturated carbocycles. The van der Waals surface area contributed by atoms with Crippen molar-refractivity contribution in [1.82, 2.24) is 18.9 Å². The first-order chi connectivity index (χ1) is 12.7. The molecule has 3 aromatic rings. The molecular weight excluding hydrogens is 394 g/mol. The van der Waals surface area contributed by atoms with E-state index in [-0.39, 0.29) is 41.3 Å². The highest BCUT2D eigenvalue weighted by Gasteiger charge is 2.41. The number of rotatable bonds is 3. The molecule has 9 heteroatoms. The predicted molar refractivity (Wildman–Crippen MR) is 101 cm³/mol. The van der Waals surface area contributed by atoms with Crippen LogP contribution in [0.4, 0.5) is 4.39 Å². The first-order valence-corrected chi connectivity index (χ1v) is 8.99. The smallest absolute Gasteiger partial charge is 0.275 e. The van der Waals surface area contributed by atoms with Gasteiger partial charge in [0.15, 0.2) is 0 Å². The molecule has 1 fully saturated rings. The number of amides is 1. The second kappa shape index (κ2) is 6.35. The molecular formula is C18H15Cl2FN4O2. The Balaban J connectivity index is 1.70. The van der Waals surface area contributed by atoms with Gasteiger partial charge in [0.25, 0.3) is 5.56 Å². The van der Waals surface area contributed by atoms with Gasteiger partial charge in [-0.25, -0.2) is 9.37 Å². The van der Waals surface area contributed by atoms with Crippen molar-refractivity contribution in [2.24, 2.45) is 0 Å². The number of carbonyl (C=O) groups is 1. The Morgan fingerprint density at radius 2 is 2.04 bits per heavy atom. The molecule has 0 radical (unpaired) electrons. The molecule has 4 rings (SSSR count). The van der Waals surface area contributed by atoms with E-state index in [1.807, 2.05) is 0 Å². The molecule has 1 aliphatic rings. The molecule has 0 atom stereocenters. The van der Waals surface area contributed by atoms with E-state index in [9.17, 15) is 14.0 Å². The van der Waals surface area contributed by atoms with E-state index in [2.05, 4.69) is 4.98 Å². The van der Waals surface area contributed by atoms with Crippen molar-refractivity contribution in [1.29, 1.82) is 0 Å². The summed E-state index contributed by atoms with van der Waals surface area (Å²) < 4.78 is 16.6. The third-order valence-electron chi connectivity index (χ3n) is 4.59. The normalized spacial score (nSPS) is 15.8. The zero-order valence-corrected chi connectivity index (χ0v) is 15.8. The van der Waals surface area contributed by atoms with Gasteiger partial charge in [0, 0.05) is 35.9 Å². The van der Waals surface area contributed by atoms with Gasteiger partial charge in [0.1, 0.15) is 22.9 Å². The van der Waals surface area contributed by atoms with E-state index in [0.29, 0.717) is 16.6 Å². The maximum Gasteiger partial charge on any atom is 0.275 e. The summed E-state index contributed by atoms with van der Waals surface area (Å²) in [6.07, 6.45) is 6.50. The third kappa shape index (κ3) is 3.21. The van der Waals surface area contributed by atoms with Crippen LogP contribution in [-0.4, -0.2) is 43.5 Å². The molecule has 3 aromatic heterocycles. The summed E-state index contributed by atoms with van der Waals surface area (Å²) >= 11 is 11.9. The molecule has 0 aliphatic carbocycles. The van der Waals surface area contributed by atoms with Gasteiger partial charge in [-0.3, -0.25) is 9.59 Å². The molecule has 1 amide bonds. The van der Waals surface area contributed by atoms with Crippen LogP contribution in [0, 0.1) is 0 Å². The summed E-state index contributed by atoms with van der Waals surface area (Å²) in [4.78, 5) is 30.7. The van der Waals surface area contributed by atoms with Gasteiger partial charge in [0.05, 0.1) is 18.1 Å². The number of carbonyl (C=O) groups excluding carboxylic acids is 1. The van der Waals surface area contributed by atoms with Crippen molar-refractivity contribution in [2.45, 2.75) is 19.1 Å². The largest absolute Gasteiger partial charge is 0.335 e. The average molecular weight is 409 g/mol. The zero-order chi connectivity index (χ0) is 19.3. The first kappa shape index (κ1) is 18.0. The summed E-state index contributed by atoms with van der Waals surface area (Å²) in [6, 6.07) is 3.41. The monoisotopic (exact) mass is 408 g/mol. The fourth-order valence-corrected chi connectivity index (χ4v) is 3.52. The van der Waals surface area contributed by atoms with Gasteiger partial charge in [-0.15, -0.1) is 0 Å². The highest BCUT2D eigenvalue weighted by molar-refractivity contribution is 6.41. The highest BCUT2D eigenvalue weighted by Crippen LogP contribution is 2.29. The van der Waals surface area contributed by atoms with E-state index < -0.39 is 5.67 Å². The minimum Gasteiger partial charge on any atom is -0.335 e. The third-order valence-corrected chi connectivity index (χ3v) is 5.28. The van der Waals surface area contributed by atoms with Crippen LogP contribution in [0.15, 0.2) is 41.7 Å². The molecule has 0 bridgehead atoms. The molecule has 140 valence electrons. The van der Waals surface area contributed by atoms with Crippen molar-refractivity contribution >= 4 is 34.6 Å². The number of pyridine rings is 1. The number of fused-ring (bicyclic) bond motifs is 1. The lowest BCUT2D eigenvalue weighted by Gasteiger charge is -2.42. The van der Waals surface area contributed by atoms with Crippen LogP contribution in [0.5, 0.6) is 0 Å². The van der Waals surface area contributed by atoms with Crippen LogP contribution in [0.2, 0.25) is 10.2 Å². The number of likely N-dealkylation sites (tertiary alicyclic amines) is 1. The maximum atomic E-state index is 13.6. The number of alkyl halides is 1. The second-order valence-corrected chi connectivity index (χ2v) is 7.64. The van der Waals surface area contributed by atoms with Crippen molar-refractivity contribution in [2.75, 3.05) is 13.1 Å². The average Bonchev–Trinajstić information content (AvgIpc) is 3.02. The van der Waals surface area contributed by atoms with Gasteiger partial charge >= 0.3 is 0 Å². The van der Waals surface area contributed by atoms with Gasteiger partial charge in [-0.05, 0) is 19.1 Å². The van der Waals surface area contributed by atoms with Gasteiger partial charge in [-0.1, -0.05) is 23.2 Å². The number of halogens is 3. The van der Waals surface area contributed by atoms with Gasteiger partial charge in [-0.2, -0.15) is 0 Å². The molecule has 1 saturated heterocycles. The number of hydrogen-bond donors (Lipinski definition) is 0. The molecule has 0 spiro atoms. The number of nitrogens with zero attached hydrogens (tertiary/aromatic N) is 4. The number of hydrogen-bond acceptors (Lipinski definition) is 3. The van der Waals surface area contributed by atoms with Gasteiger partial charge in [0.2, 0.25) is 5.91 Å². The molecule has 4 heterocycles. The van der Waals surface area contributed by atoms with E-state index in [4.69, 9.17) is 23.2 Å². The fraction of sp³-hybridized carbons (Fsp3) is 0.278. The minimum atomic E-state index is -1.35. The second-order valence-electron chi connectivity index (χ2n) is 6.88. The molecule has 0 aromatic carbocycles. The lowest BCUT2D eigenvalue weighted by Crippen LogP contribution is -2.60. The van der Waals surface area contributed by atoms with E-state index >= 15 is 0 Å². The van der Waals surface area contributed by atoms with E-state index in [0.717, 1.165) is 0 Å². The summed E-state index contributed by atoms with van der Waals surface area (Å²) in [7, 11) is 0. The van der Waals surface area contributed by atoms with Crippen molar-refractivity contribution < 1.29 is 9.18 Å². The lowest BCUT2D eigenvalue weighted by atomic mass is 9.99. The molecule has 27 heavy (non-hydrogen) atoms. The first-order valence-electron chi connectivity index (χ1n) is 8.23. The maximum absolute atomic E-state index is 13.6. The van der Waals surface area contributed by atoms with Crippen LogP contribution in [0.25, 0.3) is 16.6 Å². The standard InChI is InChI=1S/C18H15Cl2FN4O2/c1-18(21)9-25(10-18)14(26)8-24-5-4-23-3-2-12(15(23)17(24)27)11-6-13(19)16(20)22-7-11/h2-7H,8-10H2,1H3. The Hall–Kier alpha value is -2.38. The Morgan fingerprint density at radius 3 is 2.70 bits per heavy atom. The topological polar surface area (TPSA) is 59.6 Å². The fourth-order valence-electron chi connectivity index (χ4n) is 3.25. The number of aromatic nitrogens is 3. The highest BCUT2D eigenvalue weighted by atomic mass is 35.5. The molecule has 0 N–H and O–H groups in total. The van der Waals surface area contributed by atoms with Crippen LogP contribution in [0.1, 0.15) is 6.92 Å². The van der Waals surface area contributed by atoms with Crippen LogP contribution >= 0.6 is 23.2 Å². The van der Waals surface area contributed by atoms with Crippen LogP contribution in [0.3, 0.4) is 0 Å². The summed E-state index contributed by atoms with van der Waals surface area (Å²) in [6.45, 7) is 1.41. The van der Waals surface area contributed by atoms with Crippen molar-refractivity contribution in [3.8, 4) is 11.1 Å². The predicted octanol–water partition coefficient (Wildman–Crippen LogP) is 3.04. The zero-order valence-electron chi connectivity index (χ0n) is 14.3.